The fourth-order valence-electron chi connectivity index (χ4n) is 2.56. The van der Waals surface area contributed by atoms with E-state index < -0.39 is 0 Å². The average Bonchev–Trinajstić information content (AvgIpc) is 2.60. The largest absolute Gasteiger partial charge is 0.384 e. The highest BCUT2D eigenvalue weighted by molar-refractivity contribution is 5.78. The maximum Gasteiger partial charge on any atom is 0.248 e. The van der Waals surface area contributed by atoms with Crippen molar-refractivity contribution in [2.75, 3.05) is 47.1 Å². The molecular weight excluding hydrogens is 210 g/mol. The predicted octanol–water partition coefficient (Wildman–Crippen LogP) is -0.103. The van der Waals surface area contributed by atoms with Gasteiger partial charge in [-0.1, -0.05) is 0 Å². The van der Waals surface area contributed by atoms with Crippen LogP contribution in [0.15, 0.2) is 0 Å². The van der Waals surface area contributed by atoms with Gasteiger partial charge in [0.25, 0.3) is 0 Å². The highest BCUT2D eigenvalue weighted by Crippen LogP contribution is 2.39. The van der Waals surface area contributed by atoms with Crippen LogP contribution in [0.4, 0.5) is 0 Å². The fraction of sp³-hybridized carbons (Fsp3) is 0.909. The number of rotatable bonds is 4. The second-order valence-electron chi connectivity index (χ2n) is 4.54. The Balaban J connectivity index is 1.87. The Morgan fingerprint density at radius 1 is 1.44 bits per heavy atom. The molecule has 16 heavy (non-hydrogen) atoms. The molecule has 2 heterocycles. The van der Waals surface area contributed by atoms with Gasteiger partial charge in [-0.2, -0.15) is 0 Å². The molecule has 92 valence electrons. The summed E-state index contributed by atoms with van der Waals surface area (Å²) >= 11 is 0. The third-order valence-electron chi connectivity index (χ3n) is 3.51. The standard InChI is InChI=1S/C11H19NO4/c1-14-5-9-3-4-16-11(9)7-12(8-11)10(13)6-15-2/h9H,3-8H2,1-2H3/t9-/m0/s1. The van der Waals surface area contributed by atoms with E-state index in [2.05, 4.69) is 0 Å². The lowest BCUT2D eigenvalue weighted by atomic mass is 9.81. The number of ether oxygens (including phenoxy) is 3. The van der Waals surface area contributed by atoms with Crippen LogP contribution in [0, 0.1) is 5.92 Å². The first kappa shape index (κ1) is 11.8. The van der Waals surface area contributed by atoms with Crippen molar-refractivity contribution in [3.63, 3.8) is 0 Å². The number of carbonyl (C=O) groups is 1. The van der Waals surface area contributed by atoms with Gasteiger partial charge in [-0.3, -0.25) is 4.79 Å². The lowest BCUT2D eigenvalue weighted by Gasteiger charge is -2.50. The Morgan fingerprint density at radius 2 is 2.19 bits per heavy atom. The van der Waals surface area contributed by atoms with Gasteiger partial charge in [0.15, 0.2) is 0 Å². The summed E-state index contributed by atoms with van der Waals surface area (Å²) in [5.74, 6) is 0.462. The second-order valence-corrected chi connectivity index (χ2v) is 4.54. The molecule has 1 spiro atoms. The molecule has 0 saturated carbocycles. The van der Waals surface area contributed by atoms with Crippen molar-refractivity contribution >= 4 is 5.91 Å². The topological polar surface area (TPSA) is 48.0 Å². The Hall–Kier alpha value is -0.650. The van der Waals surface area contributed by atoms with E-state index in [1.165, 1.54) is 7.11 Å². The van der Waals surface area contributed by atoms with Crippen LogP contribution in [0.1, 0.15) is 6.42 Å². The summed E-state index contributed by atoms with van der Waals surface area (Å²) in [5.41, 5.74) is -0.139. The zero-order valence-electron chi connectivity index (χ0n) is 9.90. The van der Waals surface area contributed by atoms with Crippen LogP contribution in [0.5, 0.6) is 0 Å². The van der Waals surface area contributed by atoms with E-state index in [1.807, 2.05) is 0 Å². The summed E-state index contributed by atoms with van der Waals surface area (Å²) in [6.45, 7) is 3.02. The molecular formula is C11H19NO4. The summed E-state index contributed by atoms with van der Waals surface area (Å²) in [7, 11) is 3.24. The van der Waals surface area contributed by atoms with Gasteiger partial charge in [0, 0.05) is 26.7 Å². The molecule has 2 rings (SSSR count). The van der Waals surface area contributed by atoms with Crippen molar-refractivity contribution in [1.82, 2.24) is 4.90 Å². The number of nitrogens with zero attached hydrogens (tertiary/aromatic N) is 1. The minimum Gasteiger partial charge on any atom is -0.384 e. The second kappa shape index (κ2) is 4.69. The molecule has 2 saturated heterocycles. The smallest absolute Gasteiger partial charge is 0.248 e. The monoisotopic (exact) mass is 229 g/mol. The third-order valence-corrected chi connectivity index (χ3v) is 3.51. The molecule has 0 N–H and O–H groups in total. The lowest BCUT2D eigenvalue weighted by molar-refractivity contribution is -0.171. The zero-order valence-corrected chi connectivity index (χ0v) is 9.90. The van der Waals surface area contributed by atoms with E-state index >= 15 is 0 Å². The van der Waals surface area contributed by atoms with E-state index in [0.717, 1.165) is 13.0 Å². The molecule has 5 heteroatoms. The van der Waals surface area contributed by atoms with Gasteiger partial charge in [-0.25, -0.2) is 0 Å². The van der Waals surface area contributed by atoms with E-state index in [1.54, 1.807) is 12.0 Å². The van der Waals surface area contributed by atoms with Gasteiger partial charge >= 0.3 is 0 Å². The van der Waals surface area contributed by atoms with Crippen molar-refractivity contribution in [2.24, 2.45) is 5.92 Å². The molecule has 2 fully saturated rings. The Bertz CT molecular complexity index is 263. The van der Waals surface area contributed by atoms with Crippen LogP contribution < -0.4 is 0 Å². The van der Waals surface area contributed by atoms with Crippen LogP contribution in [-0.4, -0.2) is 63.5 Å². The van der Waals surface area contributed by atoms with E-state index in [0.29, 0.717) is 25.6 Å². The zero-order chi connectivity index (χ0) is 11.6. The molecule has 0 aromatic rings. The van der Waals surface area contributed by atoms with E-state index in [9.17, 15) is 4.79 Å². The maximum absolute atomic E-state index is 11.5. The molecule has 0 aromatic heterocycles. The van der Waals surface area contributed by atoms with Crippen LogP contribution in [0.3, 0.4) is 0 Å². The molecule has 0 aliphatic carbocycles. The molecule has 1 atom stereocenters. The summed E-state index contributed by atoms with van der Waals surface area (Å²) in [6, 6.07) is 0. The molecule has 1 amide bonds. The van der Waals surface area contributed by atoms with Crippen molar-refractivity contribution in [2.45, 2.75) is 12.0 Å². The van der Waals surface area contributed by atoms with Crippen molar-refractivity contribution in [3.05, 3.63) is 0 Å². The van der Waals surface area contributed by atoms with Crippen molar-refractivity contribution in [3.8, 4) is 0 Å². The summed E-state index contributed by atoms with van der Waals surface area (Å²) in [6.07, 6.45) is 1.03. The van der Waals surface area contributed by atoms with Gasteiger partial charge in [0.1, 0.15) is 12.2 Å². The van der Waals surface area contributed by atoms with Gasteiger partial charge in [0.2, 0.25) is 5.91 Å². The van der Waals surface area contributed by atoms with Crippen LogP contribution in [0.2, 0.25) is 0 Å². The first-order valence-electron chi connectivity index (χ1n) is 5.61. The normalized spacial score (nSPS) is 27.1. The van der Waals surface area contributed by atoms with E-state index in [-0.39, 0.29) is 18.1 Å². The molecule has 0 bridgehead atoms. The first-order chi connectivity index (χ1) is 7.72. The Morgan fingerprint density at radius 3 is 2.81 bits per heavy atom. The number of hydrogen-bond donors (Lipinski definition) is 0. The minimum absolute atomic E-state index is 0.0415. The summed E-state index contributed by atoms with van der Waals surface area (Å²) in [4.78, 5) is 13.3. The molecule has 0 unspecified atom stereocenters. The highest BCUT2D eigenvalue weighted by atomic mass is 16.5. The van der Waals surface area contributed by atoms with Crippen LogP contribution >= 0.6 is 0 Å². The molecule has 2 aliphatic rings. The molecule has 0 radical (unpaired) electrons. The summed E-state index contributed by atoms with van der Waals surface area (Å²) in [5, 5.41) is 0. The number of carbonyl (C=O) groups excluding carboxylic acids is 1. The Labute approximate surface area is 95.6 Å². The fourth-order valence-corrected chi connectivity index (χ4v) is 2.56. The van der Waals surface area contributed by atoms with Crippen molar-refractivity contribution in [1.29, 1.82) is 0 Å². The third kappa shape index (κ3) is 1.95. The lowest BCUT2D eigenvalue weighted by Crippen LogP contribution is -2.67. The molecule has 0 aromatic carbocycles. The van der Waals surface area contributed by atoms with Gasteiger partial charge in [-0.15, -0.1) is 0 Å². The minimum atomic E-state index is -0.139. The first-order valence-corrected chi connectivity index (χ1v) is 5.61. The van der Waals surface area contributed by atoms with Crippen LogP contribution in [-0.2, 0) is 19.0 Å². The average molecular weight is 229 g/mol. The van der Waals surface area contributed by atoms with E-state index in [4.69, 9.17) is 14.2 Å². The predicted molar refractivity (Wildman–Crippen MR) is 57.1 cm³/mol. The van der Waals surface area contributed by atoms with Gasteiger partial charge < -0.3 is 19.1 Å². The summed E-state index contributed by atoms with van der Waals surface area (Å²) < 4.78 is 15.8. The number of likely N-dealkylation sites (tertiary alicyclic amines) is 1. The van der Waals surface area contributed by atoms with Crippen molar-refractivity contribution < 1.29 is 19.0 Å². The number of methoxy groups -OCH3 is 2. The quantitative estimate of drug-likeness (QED) is 0.675. The maximum atomic E-state index is 11.5. The Kier molecular flexibility index (Phi) is 3.47. The van der Waals surface area contributed by atoms with Crippen LogP contribution in [0.25, 0.3) is 0 Å². The molecule has 5 nitrogen and oxygen atoms in total. The highest BCUT2D eigenvalue weighted by Gasteiger charge is 2.54. The number of hydrogen-bond acceptors (Lipinski definition) is 4. The SMILES string of the molecule is COCC(=O)N1CC2(C1)OCC[C@H]2COC. The number of amides is 1. The van der Waals surface area contributed by atoms with Gasteiger partial charge in [-0.05, 0) is 6.42 Å². The van der Waals surface area contributed by atoms with Gasteiger partial charge in [0.05, 0.1) is 19.7 Å². The molecule has 2 aliphatic heterocycles.